The molecule has 2 fully saturated rings. The Bertz CT molecular complexity index is 1390. The van der Waals surface area contributed by atoms with Crippen LogP contribution in [0.2, 0.25) is 0 Å². The van der Waals surface area contributed by atoms with Gasteiger partial charge in [-0.2, -0.15) is 0 Å². The van der Waals surface area contributed by atoms with E-state index >= 15 is 0 Å². The van der Waals surface area contributed by atoms with Crippen LogP contribution in [0.5, 0.6) is 0 Å². The minimum atomic E-state index is -0.495. The zero-order valence-corrected chi connectivity index (χ0v) is 26.4. The highest BCUT2D eigenvalue weighted by Crippen LogP contribution is 2.31. The number of unbranched alkanes of at least 4 members (excludes halogenated alkanes) is 1. The summed E-state index contributed by atoms with van der Waals surface area (Å²) in [6, 6.07) is 17.3. The number of benzene rings is 2. The first-order valence-electron chi connectivity index (χ1n) is 15.5. The molecule has 240 valence electrons. The van der Waals surface area contributed by atoms with E-state index in [1.807, 2.05) is 61.6 Å². The number of anilines is 2. The minimum absolute atomic E-state index is 0.0463. The van der Waals surface area contributed by atoms with E-state index < -0.39 is 6.09 Å². The van der Waals surface area contributed by atoms with Crippen LogP contribution in [0.1, 0.15) is 50.4 Å². The number of amides is 3. The summed E-state index contributed by atoms with van der Waals surface area (Å²) in [5, 5.41) is 5.71. The van der Waals surface area contributed by atoms with Gasteiger partial charge >= 0.3 is 6.09 Å². The number of hydrogen-bond acceptors (Lipinski definition) is 9. The van der Waals surface area contributed by atoms with Crippen molar-refractivity contribution in [1.82, 2.24) is 14.8 Å². The normalized spacial score (nSPS) is 15.9. The lowest BCUT2D eigenvalue weighted by Gasteiger charge is -2.31. The summed E-state index contributed by atoms with van der Waals surface area (Å²) in [6.07, 6.45) is 2.72. The highest BCUT2D eigenvalue weighted by Gasteiger charge is 2.24. The first-order valence-corrected chi connectivity index (χ1v) is 16.4. The van der Waals surface area contributed by atoms with Crippen LogP contribution in [0.4, 0.5) is 16.3 Å². The molecular formula is C33H41N5O6S. The van der Waals surface area contributed by atoms with Gasteiger partial charge in [0.05, 0.1) is 23.6 Å². The molecule has 45 heavy (non-hydrogen) atoms. The van der Waals surface area contributed by atoms with Gasteiger partial charge in [0.2, 0.25) is 11.8 Å². The maximum atomic E-state index is 12.7. The third-order valence-electron chi connectivity index (χ3n) is 7.94. The maximum Gasteiger partial charge on any atom is 0.413 e. The Balaban J connectivity index is 0.917. The van der Waals surface area contributed by atoms with Gasteiger partial charge in [0.15, 0.2) is 12.1 Å². The van der Waals surface area contributed by atoms with E-state index in [-0.39, 0.29) is 24.2 Å². The van der Waals surface area contributed by atoms with E-state index in [2.05, 4.69) is 20.5 Å². The van der Waals surface area contributed by atoms with E-state index in [1.54, 1.807) is 10.4 Å². The molecule has 2 aliphatic heterocycles. The van der Waals surface area contributed by atoms with Crippen LogP contribution in [0.3, 0.4) is 0 Å². The van der Waals surface area contributed by atoms with Crippen molar-refractivity contribution >= 4 is 40.7 Å². The monoisotopic (exact) mass is 635 g/mol. The van der Waals surface area contributed by atoms with Crippen LogP contribution in [0.15, 0.2) is 60.1 Å². The fourth-order valence-corrected chi connectivity index (χ4v) is 6.11. The van der Waals surface area contributed by atoms with Crippen molar-refractivity contribution in [3.63, 3.8) is 0 Å². The molecule has 2 saturated heterocycles. The van der Waals surface area contributed by atoms with Gasteiger partial charge in [-0.25, -0.2) is 9.78 Å². The van der Waals surface area contributed by atoms with Crippen molar-refractivity contribution in [2.75, 3.05) is 57.1 Å². The highest BCUT2D eigenvalue weighted by atomic mass is 32.1. The lowest BCUT2D eigenvalue weighted by Crippen LogP contribution is -2.40. The molecule has 3 amide bonds. The Morgan fingerprint density at radius 2 is 1.71 bits per heavy atom. The van der Waals surface area contributed by atoms with Crippen molar-refractivity contribution in [3.8, 4) is 10.4 Å². The lowest BCUT2D eigenvalue weighted by atomic mass is 10.1. The van der Waals surface area contributed by atoms with Gasteiger partial charge in [0.25, 0.3) is 0 Å². The molecule has 0 saturated carbocycles. The Morgan fingerprint density at radius 3 is 2.44 bits per heavy atom. The summed E-state index contributed by atoms with van der Waals surface area (Å²) in [6.45, 7) is 3.99. The summed E-state index contributed by atoms with van der Waals surface area (Å²) < 4.78 is 16.7. The van der Waals surface area contributed by atoms with Crippen molar-refractivity contribution in [3.05, 3.63) is 65.7 Å². The van der Waals surface area contributed by atoms with Crippen LogP contribution in [-0.4, -0.2) is 85.2 Å². The molecule has 2 aliphatic rings. The zero-order chi connectivity index (χ0) is 31.4. The molecule has 11 nitrogen and oxygen atoms in total. The number of carbonyl (C=O) groups is 3. The Morgan fingerprint density at radius 1 is 0.978 bits per heavy atom. The van der Waals surface area contributed by atoms with Crippen LogP contribution >= 0.6 is 11.3 Å². The van der Waals surface area contributed by atoms with Crippen molar-refractivity contribution in [1.29, 1.82) is 0 Å². The van der Waals surface area contributed by atoms with Gasteiger partial charge in [0.1, 0.15) is 6.10 Å². The standard InChI is InChI=1S/C33H41N5O6S/c1-37(17-6-5-9-28(39)35-26-12-10-25(11-13-26)32-42-21-22-43-32)29(40)16-20-38-18-14-27(15-19-38)44-33(41)36-31-30(45-23-34-31)24-7-3-2-4-8-24/h2-4,7-8,10-13,23,27,32H,5-6,9,14-22H2,1H3,(H,35,39)(H,36,41). The predicted molar refractivity (Wildman–Crippen MR) is 173 cm³/mol. The van der Waals surface area contributed by atoms with E-state index in [0.29, 0.717) is 51.4 Å². The second kappa shape index (κ2) is 16.5. The fraction of sp³-hybridized carbons (Fsp3) is 0.455. The van der Waals surface area contributed by atoms with E-state index in [9.17, 15) is 14.4 Å². The van der Waals surface area contributed by atoms with Crippen molar-refractivity contribution < 1.29 is 28.6 Å². The maximum absolute atomic E-state index is 12.7. The molecule has 2 aromatic carbocycles. The SMILES string of the molecule is CN(CCCCC(=O)Nc1ccc(C2OCCO2)cc1)C(=O)CCN1CCC(OC(=O)Nc2ncsc2-c2ccccc2)CC1. The number of hydrogen-bond donors (Lipinski definition) is 2. The molecule has 5 rings (SSSR count). The Labute approximate surface area is 267 Å². The molecule has 0 atom stereocenters. The third kappa shape index (κ3) is 9.82. The summed E-state index contributed by atoms with van der Waals surface area (Å²) in [7, 11) is 1.81. The Kier molecular flexibility index (Phi) is 11.9. The molecule has 3 aromatic rings. The average Bonchev–Trinajstić information content (AvgIpc) is 3.76. The van der Waals surface area contributed by atoms with Crippen molar-refractivity contribution in [2.45, 2.75) is 50.9 Å². The largest absolute Gasteiger partial charge is 0.446 e. The summed E-state index contributed by atoms with van der Waals surface area (Å²) in [5.41, 5.74) is 4.37. The third-order valence-corrected chi connectivity index (χ3v) is 8.81. The first-order chi connectivity index (χ1) is 21.9. The van der Waals surface area contributed by atoms with Gasteiger partial charge in [0, 0.05) is 57.3 Å². The van der Waals surface area contributed by atoms with Gasteiger partial charge in [-0.3, -0.25) is 14.9 Å². The predicted octanol–water partition coefficient (Wildman–Crippen LogP) is 5.53. The second-order valence-electron chi connectivity index (χ2n) is 11.2. The topological polar surface area (TPSA) is 122 Å². The molecule has 3 heterocycles. The smallest absolute Gasteiger partial charge is 0.413 e. The van der Waals surface area contributed by atoms with Crippen molar-refractivity contribution in [2.24, 2.45) is 0 Å². The van der Waals surface area contributed by atoms with Crippen LogP contribution in [0, 0.1) is 0 Å². The average molecular weight is 636 g/mol. The van der Waals surface area contributed by atoms with Gasteiger partial charge < -0.3 is 29.3 Å². The highest BCUT2D eigenvalue weighted by molar-refractivity contribution is 7.13. The molecule has 0 spiro atoms. The molecule has 0 aliphatic carbocycles. The summed E-state index contributed by atoms with van der Waals surface area (Å²) in [4.78, 5) is 46.8. The molecule has 0 bridgehead atoms. The summed E-state index contributed by atoms with van der Waals surface area (Å²) >= 11 is 1.47. The van der Waals surface area contributed by atoms with Gasteiger partial charge in [-0.15, -0.1) is 11.3 Å². The van der Waals surface area contributed by atoms with E-state index in [1.165, 1.54) is 11.3 Å². The number of piperidine rings is 1. The lowest BCUT2D eigenvalue weighted by molar-refractivity contribution is -0.130. The van der Waals surface area contributed by atoms with Crippen LogP contribution < -0.4 is 10.6 Å². The molecule has 0 radical (unpaired) electrons. The molecular weight excluding hydrogens is 594 g/mol. The number of nitrogens with zero attached hydrogens (tertiary/aromatic N) is 3. The van der Waals surface area contributed by atoms with E-state index in [4.69, 9.17) is 14.2 Å². The number of likely N-dealkylation sites (tertiary alicyclic amines) is 1. The number of aromatic nitrogens is 1. The van der Waals surface area contributed by atoms with Crippen LogP contribution in [0.25, 0.3) is 10.4 Å². The molecule has 0 unspecified atom stereocenters. The molecule has 2 N–H and O–H groups in total. The minimum Gasteiger partial charge on any atom is -0.446 e. The van der Waals surface area contributed by atoms with Crippen LogP contribution in [-0.2, 0) is 23.8 Å². The molecule has 12 heteroatoms. The first kappa shape index (κ1) is 32.6. The van der Waals surface area contributed by atoms with Gasteiger partial charge in [-0.05, 0) is 43.4 Å². The van der Waals surface area contributed by atoms with E-state index in [0.717, 1.165) is 54.0 Å². The fourth-order valence-electron chi connectivity index (χ4n) is 5.36. The Hall–Kier alpha value is -3.84. The number of thiazole rings is 1. The number of rotatable bonds is 13. The quantitative estimate of drug-likeness (QED) is 0.235. The second-order valence-corrected chi connectivity index (χ2v) is 12.1. The number of carbonyl (C=O) groups excluding carboxylic acids is 3. The molecule has 1 aromatic heterocycles. The number of nitrogens with one attached hydrogen (secondary N) is 2. The van der Waals surface area contributed by atoms with Gasteiger partial charge in [-0.1, -0.05) is 42.5 Å². The zero-order valence-electron chi connectivity index (χ0n) is 25.6. The summed E-state index contributed by atoms with van der Waals surface area (Å²) in [5.74, 6) is 0.548. The number of ether oxygens (including phenoxy) is 3.